The molecule has 0 saturated carbocycles. The normalized spacial score (nSPS) is 12.5. The van der Waals surface area contributed by atoms with Crippen LogP contribution in [0.1, 0.15) is 39.5 Å². The van der Waals surface area contributed by atoms with Crippen LogP contribution in [0.4, 0.5) is 16.2 Å². The number of hydrogen-bond acceptors (Lipinski definition) is 4. The first-order chi connectivity index (χ1) is 10.3. The maximum atomic E-state index is 11.8. The molecule has 118 valence electrons. The number of hydrogen-bond donors (Lipinski definition) is 2. The predicted molar refractivity (Wildman–Crippen MR) is 87.0 cm³/mol. The van der Waals surface area contributed by atoms with Crippen molar-refractivity contribution in [3.05, 3.63) is 48.4 Å². The Hall–Kier alpha value is -2.43. The second-order valence-corrected chi connectivity index (χ2v) is 6.09. The fourth-order valence-corrected chi connectivity index (χ4v) is 1.97. The maximum Gasteiger partial charge on any atom is 0.412 e. The van der Waals surface area contributed by atoms with Gasteiger partial charge in [0.25, 0.3) is 0 Å². The lowest BCUT2D eigenvalue weighted by atomic mass is 10.2. The zero-order valence-electron chi connectivity index (χ0n) is 13.3. The summed E-state index contributed by atoms with van der Waals surface area (Å²) in [5, 5.41) is 6.04. The van der Waals surface area contributed by atoms with Crippen LogP contribution in [-0.4, -0.2) is 11.7 Å². The highest BCUT2D eigenvalue weighted by atomic mass is 16.6. The zero-order chi connectivity index (χ0) is 16.2. The molecule has 0 radical (unpaired) electrons. The van der Waals surface area contributed by atoms with Gasteiger partial charge < -0.3 is 14.5 Å². The number of anilines is 2. The number of benzene rings is 1. The third-order valence-corrected chi connectivity index (χ3v) is 2.86. The number of ether oxygens (including phenoxy) is 1. The number of carbonyl (C=O) groups is 1. The second kappa shape index (κ2) is 6.56. The van der Waals surface area contributed by atoms with Crippen molar-refractivity contribution in [3.63, 3.8) is 0 Å². The topological polar surface area (TPSA) is 63.5 Å². The van der Waals surface area contributed by atoms with Gasteiger partial charge in [-0.05, 0) is 58.0 Å². The Morgan fingerprint density at radius 3 is 2.55 bits per heavy atom. The molecule has 2 aromatic rings. The van der Waals surface area contributed by atoms with Crippen LogP contribution in [0.3, 0.4) is 0 Å². The first-order valence-electron chi connectivity index (χ1n) is 7.23. The third-order valence-electron chi connectivity index (χ3n) is 2.86. The minimum atomic E-state index is -0.520. The van der Waals surface area contributed by atoms with E-state index in [9.17, 15) is 4.79 Å². The summed E-state index contributed by atoms with van der Waals surface area (Å²) in [5.41, 5.74) is 1.04. The second-order valence-electron chi connectivity index (χ2n) is 6.09. The van der Waals surface area contributed by atoms with Gasteiger partial charge in [-0.3, -0.25) is 5.32 Å². The maximum absolute atomic E-state index is 11.8. The molecular formula is C17H22N2O3. The van der Waals surface area contributed by atoms with Crippen molar-refractivity contribution in [1.29, 1.82) is 0 Å². The van der Waals surface area contributed by atoms with Crippen molar-refractivity contribution < 1.29 is 13.9 Å². The van der Waals surface area contributed by atoms with Crippen LogP contribution < -0.4 is 10.6 Å². The average molecular weight is 302 g/mol. The van der Waals surface area contributed by atoms with Gasteiger partial charge in [0, 0.05) is 11.4 Å². The molecule has 2 rings (SSSR count). The monoisotopic (exact) mass is 302 g/mol. The summed E-state index contributed by atoms with van der Waals surface area (Å²) in [4.78, 5) is 11.8. The Kier molecular flexibility index (Phi) is 4.75. The first kappa shape index (κ1) is 15.9. The van der Waals surface area contributed by atoms with E-state index < -0.39 is 11.7 Å². The van der Waals surface area contributed by atoms with Crippen molar-refractivity contribution in [3.8, 4) is 0 Å². The lowest BCUT2D eigenvalue weighted by molar-refractivity contribution is 0.0636. The average Bonchev–Trinajstić information content (AvgIpc) is 2.90. The Balaban J connectivity index is 1.99. The van der Waals surface area contributed by atoms with Crippen molar-refractivity contribution in [2.75, 3.05) is 10.6 Å². The van der Waals surface area contributed by atoms with Crippen LogP contribution in [0.5, 0.6) is 0 Å². The van der Waals surface area contributed by atoms with Gasteiger partial charge in [-0.15, -0.1) is 0 Å². The summed E-state index contributed by atoms with van der Waals surface area (Å²) in [7, 11) is 0. The number of nitrogens with one attached hydrogen (secondary N) is 2. The van der Waals surface area contributed by atoms with Crippen LogP contribution in [0.15, 0.2) is 47.1 Å². The smallest absolute Gasteiger partial charge is 0.412 e. The van der Waals surface area contributed by atoms with E-state index in [2.05, 4.69) is 10.6 Å². The predicted octanol–water partition coefficient (Wildman–Crippen LogP) is 4.80. The Bertz CT molecular complexity index is 615. The summed E-state index contributed by atoms with van der Waals surface area (Å²) in [6.45, 7) is 7.49. The van der Waals surface area contributed by atoms with Gasteiger partial charge in [0.2, 0.25) is 0 Å². The molecule has 0 fully saturated rings. The van der Waals surface area contributed by atoms with Crippen LogP contribution in [0.25, 0.3) is 0 Å². The molecule has 1 aromatic carbocycles. The van der Waals surface area contributed by atoms with E-state index in [1.54, 1.807) is 6.26 Å². The summed E-state index contributed by atoms with van der Waals surface area (Å²) < 4.78 is 10.6. The molecule has 5 heteroatoms. The summed E-state index contributed by atoms with van der Waals surface area (Å²) in [6.07, 6.45) is 1.18. The van der Waals surface area contributed by atoms with Crippen LogP contribution in [0.2, 0.25) is 0 Å². The molecule has 0 aliphatic rings. The number of carbonyl (C=O) groups excluding carboxylic acids is 1. The molecule has 0 saturated heterocycles. The molecule has 5 nitrogen and oxygen atoms in total. The van der Waals surface area contributed by atoms with Crippen molar-refractivity contribution in [1.82, 2.24) is 0 Å². The molecule has 0 bridgehead atoms. The minimum absolute atomic E-state index is 0.0341. The fraction of sp³-hybridized carbons (Fsp3) is 0.353. The molecule has 2 N–H and O–H groups in total. The molecule has 0 aliphatic carbocycles. The van der Waals surface area contributed by atoms with Gasteiger partial charge >= 0.3 is 6.09 Å². The lowest BCUT2D eigenvalue weighted by Crippen LogP contribution is -2.27. The highest BCUT2D eigenvalue weighted by molar-refractivity contribution is 5.85. The lowest BCUT2D eigenvalue weighted by Gasteiger charge is -2.20. The fourth-order valence-electron chi connectivity index (χ4n) is 1.97. The quantitative estimate of drug-likeness (QED) is 0.851. The van der Waals surface area contributed by atoms with Crippen LogP contribution >= 0.6 is 0 Å². The summed E-state index contributed by atoms with van der Waals surface area (Å²) in [5.74, 6) is 0.852. The molecule has 1 unspecified atom stereocenters. The van der Waals surface area contributed by atoms with Crippen molar-refractivity contribution in [2.45, 2.75) is 39.3 Å². The molecule has 0 aliphatic heterocycles. The first-order valence-corrected chi connectivity index (χ1v) is 7.23. The Labute approximate surface area is 130 Å². The third kappa shape index (κ3) is 4.84. The van der Waals surface area contributed by atoms with E-state index in [1.807, 2.05) is 64.1 Å². The van der Waals surface area contributed by atoms with Gasteiger partial charge in [-0.2, -0.15) is 0 Å². The van der Waals surface area contributed by atoms with Gasteiger partial charge in [-0.1, -0.05) is 6.07 Å². The standard InChI is InChI=1S/C17H22N2O3/c1-12(15-9-6-10-21-15)18-13-7-5-8-14(11-13)19-16(20)22-17(2,3)4/h5-12,18H,1-4H3,(H,19,20). The van der Waals surface area contributed by atoms with Gasteiger partial charge in [0.1, 0.15) is 11.4 Å². The molecule has 0 spiro atoms. The van der Waals surface area contributed by atoms with E-state index in [0.717, 1.165) is 11.4 Å². The van der Waals surface area contributed by atoms with E-state index in [0.29, 0.717) is 5.69 Å². The van der Waals surface area contributed by atoms with E-state index >= 15 is 0 Å². The molecule has 1 aromatic heterocycles. The van der Waals surface area contributed by atoms with Crippen molar-refractivity contribution in [2.24, 2.45) is 0 Å². The Morgan fingerprint density at radius 2 is 1.91 bits per heavy atom. The minimum Gasteiger partial charge on any atom is -0.467 e. The highest BCUT2D eigenvalue weighted by Crippen LogP contribution is 2.22. The highest BCUT2D eigenvalue weighted by Gasteiger charge is 2.16. The van der Waals surface area contributed by atoms with Crippen LogP contribution in [0, 0.1) is 0 Å². The Morgan fingerprint density at radius 1 is 1.18 bits per heavy atom. The summed E-state index contributed by atoms with van der Waals surface area (Å²) in [6, 6.07) is 11.3. The van der Waals surface area contributed by atoms with E-state index in [1.165, 1.54) is 0 Å². The summed E-state index contributed by atoms with van der Waals surface area (Å²) >= 11 is 0. The number of rotatable bonds is 4. The van der Waals surface area contributed by atoms with Gasteiger partial charge in [0.05, 0.1) is 12.3 Å². The molecule has 1 atom stereocenters. The number of furan rings is 1. The van der Waals surface area contributed by atoms with E-state index in [4.69, 9.17) is 9.15 Å². The molecular weight excluding hydrogens is 280 g/mol. The number of amides is 1. The van der Waals surface area contributed by atoms with Crippen molar-refractivity contribution >= 4 is 17.5 Å². The van der Waals surface area contributed by atoms with Gasteiger partial charge in [-0.25, -0.2) is 4.79 Å². The zero-order valence-corrected chi connectivity index (χ0v) is 13.3. The molecule has 22 heavy (non-hydrogen) atoms. The van der Waals surface area contributed by atoms with Gasteiger partial charge in [0.15, 0.2) is 0 Å². The largest absolute Gasteiger partial charge is 0.467 e. The molecule has 1 amide bonds. The SMILES string of the molecule is CC(Nc1cccc(NC(=O)OC(C)(C)C)c1)c1ccco1. The van der Waals surface area contributed by atoms with Crippen LogP contribution in [-0.2, 0) is 4.74 Å². The van der Waals surface area contributed by atoms with E-state index in [-0.39, 0.29) is 6.04 Å². The molecule has 1 heterocycles.